The first-order chi connectivity index (χ1) is 13.0. The normalized spacial score (nSPS) is 49.6. The van der Waals surface area contributed by atoms with Gasteiger partial charge in [0.25, 0.3) is 0 Å². The minimum atomic E-state index is -1.61. The maximum Gasteiger partial charge on any atom is 0.334 e. The minimum absolute atomic E-state index is 0.199. The van der Waals surface area contributed by atoms with Gasteiger partial charge < -0.3 is 28.8 Å². The van der Waals surface area contributed by atoms with Crippen molar-refractivity contribution in [2.75, 3.05) is 7.11 Å². The molecule has 4 aliphatic heterocycles. The van der Waals surface area contributed by atoms with Crippen molar-refractivity contribution in [1.29, 1.82) is 0 Å². The van der Waals surface area contributed by atoms with Crippen molar-refractivity contribution in [2.45, 2.75) is 81.9 Å². The van der Waals surface area contributed by atoms with E-state index in [9.17, 15) is 14.7 Å². The third kappa shape index (κ3) is 2.58. The molecule has 8 heteroatoms. The highest BCUT2D eigenvalue weighted by Crippen LogP contribution is 2.60. The van der Waals surface area contributed by atoms with Crippen LogP contribution in [0.15, 0.2) is 12.2 Å². The third-order valence-electron chi connectivity index (χ3n) is 6.77. The molecule has 0 unspecified atom stereocenters. The predicted octanol–water partition coefficient (Wildman–Crippen LogP) is 1.10. The smallest absolute Gasteiger partial charge is 0.334 e. The van der Waals surface area contributed by atoms with Crippen LogP contribution in [-0.2, 0) is 33.3 Å². The highest BCUT2D eigenvalue weighted by atomic mass is 16.7. The molecular formula is C20H28O8. The Kier molecular flexibility index (Phi) is 4.26. The van der Waals surface area contributed by atoms with E-state index in [1.807, 2.05) is 6.92 Å². The number of rotatable bonds is 3. The summed E-state index contributed by atoms with van der Waals surface area (Å²) in [5.41, 5.74) is -1.77. The van der Waals surface area contributed by atoms with Crippen molar-refractivity contribution in [2.24, 2.45) is 11.8 Å². The Balaban J connectivity index is 1.79. The van der Waals surface area contributed by atoms with Crippen molar-refractivity contribution in [1.82, 2.24) is 0 Å². The zero-order valence-corrected chi connectivity index (χ0v) is 16.9. The fourth-order valence-corrected chi connectivity index (χ4v) is 4.91. The van der Waals surface area contributed by atoms with Gasteiger partial charge in [0.15, 0.2) is 0 Å². The number of hydrogen-bond donors (Lipinski definition) is 1. The molecule has 4 fully saturated rings. The second-order valence-electron chi connectivity index (χ2n) is 9.03. The lowest BCUT2D eigenvalue weighted by molar-refractivity contribution is -0.258. The van der Waals surface area contributed by atoms with Gasteiger partial charge in [-0.1, -0.05) is 20.4 Å². The average Bonchev–Trinajstić information content (AvgIpc) is 3.11. The molecule has 0 aromatic carbocycles. The summed E-state index contributed by atoms with van der Waals surface area (Å²) in [6.45, 7) is 10.9. The molecule has 0 radical (unpaired) electrons. The van der Waals surface area contributed by atoms with E-state index in [0.717, 1.165) is 0 Å². The average molecular weight is 396 g/mol. The van der Waals surface area contributed by atoms with Crippen molar-refractivity contribution in [3.8, 4) is 0 Å². The molecule has 0 aliphatic carbocycles. The number of ether oxygens (including phenoxy) is 5. The van der Waals surface area contributed by atoms with Crippen LogP contribution in [0.4, 0.5) is 0 Å². The standard InChI is InChI=1S/C20H28O8/c1-9(2)16(21)25-11-7-18(4)12(24-6)8-20(23,28-18)19(5)15(27-19)14-13(11)10(3)17(22)26-14/h9,11-15,23H,3,7-8H2,1-2,4-6H3/t11-,12-,13+,14+,15+,18-,19-,20-/m1/s1. The number of carbonyl (C=O) groups excluding carboxylic acids is 2. The molecule has 156 valence electrons. The van der Waals surface area contributed by atoms with Gasteiger partial charge in [-0.3, -0.25) is 4.79 Å². The third-order valence-corrected chi connectivity index (χ3v) is 6.77. The van der Waals surface area contributed by atoms with Crippen molar-refractivity contribution < 1.29 is 38.4 Å². The molecule has 2 bridgehead atoms. The highest BCUT2D eigenvalue weighted by Gasteiger charge is 2.77. The van der Waals surface area contributed by atoms with Crippen LogP contribution in [0.1, 0.15) is 40.5 Å². The van der Waals surface area contributed by atoms with Crippen LogP contribution >= 0.6 is 0 Å². The first kappa shape index (κ1) is 19.8. The van der Waals surface area contributed by atoms with E-state index in [1.54, 1.807) is 27.9 Å². The zero-order chi connectivity index (χ0) is 20.6. The molecule has 8 atom stereocenters. The van der Waals surface area contributed by atoms with E-state index in [0.29, 0.717) is 0 Å². The summed E-state index contributed by atoms with van der Waals surface area (Å²) in [5, 5.41) is 11.3. The van der Waals surface area contributed by atoms with Gasteiger partial charge in [0, 0.05) is 25.5 Å². The van der Waals surface area contributed by atoms with Gasteiger partial charge >= 0.3 is 11.9 Å². The Bertz CT molecular complexity index is 734. The van der Waals surface area contributed by atoms with E-state index in [1.165, 1.54) is 0 Å². The monoisotopic (exact) mass is 396 g/mol. The van der Waals surface area contributed by atoms with Crippen LogP contribution < -0.4 is 0 Å². The Hall–Kier alpha value is -1.48. The largest absolute Gasteiger partial charge is 0.461 e. The van der Waals surface area contributed by atoms with E-state index < -0.39 is 53.3 Å². The summed E-state index contributed by atoms with van der Waals surface area (Å²) >= 11 is 0. The molecule has 4 saturated heterocycles. The summed E-state index contributed by atoms with van der Waals surface area (Å²) in [6, 6.07) is 0. The molecule has 8 nitrogen and oxygen atoms in total. The molecule has 0 aromatic rings. The molecule has 4 rings (SSSR count). The number of epoxide rings is 1. The molecule has 4 aliphatic rings. The summed E-state index contributed by atoms with van der Waals surface area (Å²) in [7, 11) is 1.55. The number of aliphatic hydroxyl groups is 1. The maximum absolute atomic E-state index is 12.4. The Morgan fingerprint density at radius 2 is 2.00 bits per heavy atom. The summed E-state index contributed by atoms with van der Waals surface area (Å²) in [5.74, 6) is -3.45. The number of carbonyl (C=O) groups is 2. The molecular weight excluding hydrogens is 368 g/mol. The van der Waals surface area contributed by atoms with Gasteiger partial charge in [0.2, 0.25) is 5.79 Å². The van der Waals surface area contributed by atoms with E-state index in [2.05, 4.69) is 6.58 Å². The fraction of sp³-hybridized carbons (Fsp3) is 0.800. The van der Waals surface area contributed by atoms with E-state index in [4.69, 9.17) is 23.7 Å². The lowest BCUT2D eigenvalue weighted by Gasteiger charge is -2.36. The SMILES string of the molecule is C=C1C(=O)O[C@H]2[C@@H]1[C@H](OC(=O)C(C)C)C[C@@]1(C)O[C@](O)(C[C@H]1OC)[C@]1(C)O[C@@H]21. The number of esters is 2. The number of fused-ring (bicyclic) bond motifs is 6. The Labute approximate surface area is 164 Å². The number of hydrogen-bond acceptors (Lipinski definition) is 8. The summed E-state index contributed by atoms with van der Waals surface area (Å²) in [6.07, 6.45) is -2.04. The van der Waals surface area contributed by atoms with Crippen LogP contribution in [0.25, 0.3) is 0 Å². The van der Waals surface area contributed by atoms with Crippen LogP contribution in [0.2, 0.25) is 0 Å². The first-order valence-electron chi connectivity index (χ1n) is 9.69. The Morgan fingerprint density at radius 1 is 1.32 bits per heavy atom. The highest BCUT2D eigenvalue weighted by molar-refractivity contribution is 5.91. The lowest BCUT2D eigenvalue weighted by atomic mass is 9.77. The second-order valence-corrected chi connectivity index (χ2v) is 9.03. The molecule has 28 heavy (non-hydrogen) atoms. The van der Waals surface area contributed by atoms with Gasteiger partial charge in [0.1, 0.15) is 23.9 Å². The van der Waals surface area contributed by atoms with Crippen molar-refractivity contribution in [3.05, 3.63) is 12.2 Å². The first-order valence-corrected chi connectivity index (χ1v) is 9.69. The Morgan fingerprint density at radius 3 is 2.61 bits per heavy atom. The van der Waals surface area contributed by atoms with Crippen LogP contribution in [0.3, 0.4) is 0 Å². The van der Waals surface area contributed by atoms with Gasteiger partial charge in [-0.15, -0.1) is 0 Å². The molecule has 0 amide bonds. The molecule has 4 heterocycles. The van der Waals surface area contributed by atoms with Crippen LogP contribution in [0, 0.1) is 11.8 Å². The number of methoxy groups -OCH3 is 1. The molecule has 0 saturated carbocycles. The summed E-state index contributed by atoms with van der Waals surface area (Å²) < 4.78 is 29.0. The maximum atomic E-state index is 12.4. The van der Waals surface area contributed by atoms with Crippen LogP contribution in [0.5, 0.6) is 0 Å². The molecule has 0 aromatic heterocycles. The van der Waals surface area contributed by atoms with E-state index >= 15 is 0 Å². The van der Waals surface area contributed by atoms with Gasteiger partial charge in [-0.2, -0.15) is 0 Å². The topological polar surface area (TPSA) is 104 Å². The van der Waals surface area contributed by atoms with Gasteiger partial charge in [0.05, 0.1) is 23.5 Å². The van der Waals surface area contributed by atoms with Crippen LogP contribution in [-0.4, -0.2) is 65.6 Å². The second kappa shape index (κ2) is 6.01. The quantitative estimate of drug-likeness (QED) is 0.430. The van der Waals surface area contributed by atoms with Crippen molar-refractivity contribution in [3.63, 3.8) is 0 Å². The van der Waals surface area contributed by atoms with E-state index in [-0.39, 0.29) is 30.3 Å². The fourth-order valence-electron chi connectivity index (χ4n) is 4.91. The van der Waals surface area contributed by atoms with Gasteiger partial charge in [-0.05, 0) is 13.8 Å². The minimum Gasteiger partial charge on any atom is -0.461 e. The van der Waals surface area contributed by atoms with Gasteiger partial charge in [-0.25, -0.2) is 4.79 Å². The van der Waals surface area contributed by atoms with Crippen molar-refractivity contribution >= 4 is 11.9 Å². The lowest BCUT2D eigenvalue weighted by Crippen LogP contribution is -2.48. The molecule has 1 N–H and O–H groups in total. The molecule has 0 spiro atoms. The predicted molar refractivity (Wildman–Crippen MR) is 95.0 cm³/mol. The zero-order valence-electron chi connectivity index (χ0n) is 16.9. The summed E-state index contributed by atoms with van der Waals surface area (Å²) in [4.78, 5) is 24.7.